The highest BCUT2D eigenvalue weighted by molar-refractivity contribution is 9.10. The van der Waals surface area contributed by atoms with E-state index in [0.29, 0.717) is 22.7 Å². The number of methoxy groups -OCH3 is 1. The molecule has 0 amide bonds. The van der Waals surface area contributed by atoms with Crippen LogP contribution >= 0.6 is 15.9 Å². The Bertz CT molecular complexity index is 844. The van der Waals surface area contributed by atoms with Crippen LogP contribution in [0.1, 0.15) is 0 Å². The minimum atomic E-state index is -0.467. The molecule has 1 aromatic heterocycles. The van der Waals surface area contributed by atoms with Gasteiger partial charge < -0.3 is 9.15 Å². The number of nitro benzene ring substituents is 1. The Morgan fingerprint density at radius 1 is 1.29 bits per heavy atom. The van der Waals surface area contributed by atoms with Crippen LogP contribution in [0.25, 0.3) is 22.6 Å². The third-order valence-corrected chi connectivity index (χ3v) is 3.60. The first kappa shape index (κ1) is 13.6. The van der Waals surface area contributed by atoms with Crippen LogP contribution in [0.2, 0.25) is 0 Å². The van der Waals surface area contributed by atoms with E-state index in [4.69, 9.17) is 9.15 Å². The molecule has 2 aromatic carbocycles. The first-order valence-corrected chi connectivity index (χ1v) is 6.76. The standard InChI is InChI=1S/C14H9BrN2O4/c1-20-12-5-2-8(6-10(12)15)14-16-11-4-3-9(17(18)19)7-13(11)21-14/h2-7H,1H3. The minimum absolute atomic E-state index is 0.0267. The second kappa shape index (κ2) is 5.17. The number of fused-ring (bicyclic) bond motifs is 1. The number of non-ortho nitro benzene ring substituents is 1. The molecule has 6 nitrogen and oxygen atoms in total. The first-order valence-electron chi connectivity index (χ1n) is 5.97. The number of halogens is 1. The molecule has 106 valence electrons. The summed E-state index contributed by atoms with van der Waals surface area (Å²) in [5.41, 5.74) is 1.68. The molecule has 3 aromatic rings. The van der Waals surface area contributed by atoms with Crippen LogP contribution in [0.15, 0.2) is 45.3 Å². The molecule has 0 aliphatic rings. The molecule has 7 heteroatoms. The summed E-state index contributed by atoms with van der Waals surface area (Å²) in [6.45, 7) is 0. The minimum Gasteiger partial charge on any atom is -0.496 e. The maximum Gasteiger partial charge on any atom is 0.273 e. The molecule has 0 radical (unpaired) electrons. The number of hydrogen-bond donors (Lipinski definition) is 0. The van der Waals surface area contributed by atoms with Crippen molar-refractivity contribution in [2.45, 2.75) is 0 Å². The van der Waals surface area contributed by atoms with Gasteiger partial charge in [-0.2, -0.15) is 0 Å². The summed E-state index contributed by atoms with van der Waals surface area (Å²) in [7, 11) is 1.58. The van der Waals surface area contributed by atoms with E-state index in [0.717, 1.165) is 10.0 Å². The SMILES string of the molecule is COc1ccc(-c2nc3ccc([N+](=O)[O-])cc3o2)cc1Br. The van der Waals surface area contributed by atoms with Crippen molar-refractivity contribution < 1.29 is 14.1 Å². The fourth-order valence-electron chi connectivity index (χ4n) is 1.95. The van der Waals surface area contributed by atoms with E-state index in [1.165, 1.54) is 12.1 Å². The van der Waals surface area contributed by atoms with E-state index in [9.17, 15) is 10.1 Å². The average molecular weight is 349 g/mol. The lowest BCUT2D eigenvalue weighted by molar-refractivity contribution is -0.384. The second-order valence-corrected chi connectivity index (χ2v) is 5.13. The van der Waals surface area contributed by atoms with Gasteiger partial charge in [0.2, 0.25) is 5.89 Å². The summed E-state index contributed by atoms with van der Waals surface area (Å²) < 4.78 is 11.5. The predicted octanol–water partition coefficient (Wildman–Crippen LogP) is 4.17. The lowest BCUT2D eigenvalue weighted by Crippen LogP contribution is -1.86. The molecule has 1 heterocycles. The van der Waals surface area contributed by atoms with Crippen LogP contribution in [-0.2, 0) is 0 Å². The lowest BCUT2D eigenvalue weighted by atomic mass is 10.2. The van der Waals surface area contributed by atoms with Crippen molar-refractivity contribution in [3.8, 4) is 17.2 Å². The van der Waals surface area contributed by atoms with Gasteiger partial charge in [0.05, 0.1) is 22.6 Å². The third-order valence-electron chi connectivity index (χ3n) is 2.98. The Morgan fingerprint density at radius 3 is 2.76 bits per heavy atom. The maximum absolute atomic E-state index is 10.8. The molecular weight excluding hydrogens is 340 g/mol. The van der Waals surface area contributed by atoms with Crippen molar-refractivity contribution >= 4 is 32.7 Å². The van der Waals surface area contributed by atoms with Gasteiger partial charge in [-0.1, -0.05) is 0 Å². The number of rotatable bonds is 3. The quantitative estimate of drug-likeness (QED) is 0.524. The number of oxazole rings is 1. The van der Waals surface area contributed by atoms with Crippen molar-refractivity contribution in [3.05, 3.63) is 51.0 Å². The Hall–Kier alpha value is -2.41. The summed E-state index contributed by atoms with van der Waals surface area (Å²) >= 11 is 3.40. The van der Waals surface area contributed by atoms with Gasteiger partial charge in [0, 0.05) is 11.6 Å². The highest BCUT2D eigenvalue weighted by Crippen LogP contribution is 2.32. The largest absolute Gasteiger partial charge is 0.496 e. The molecule has 0 saturated carbocycles. The average Bonchev–Trinajstić information content (AvgIpc) is 2.89. The van der Waals surface area contributed by atoms with Crippen molar-refractivity contribution in [3.63, 3.8) is 0 Å². The molecule has 0 spiro atoms. The van der Waals surface area contributed by atoms with Crippen LogP contribution in [0, 0.1) is 10.1 Å². The number of hydrogen-bond acceptors (Lipinski definition) is 5. The highest BCUT2D eigenvalue weighted by Gasteiger charge is 2.13. The van der Waals surface area contributed by atoms with Crippen LogP contribution < -0.4 is 4.74 Å². The Morgan fingerprint density at radius 2 is 2.10 bits per heavy atom. The lowest BCUT2D eigenvalue weighted by Gasteiger charge is -2.03. The normalized spacial score (nSPS) is 10.8. The predicted molar refractivity (Wildman–Crippen MR) is 80.4 cm³/mol. The van der Waals surface area contributed by atoms with Gasteiger partial charge >= 0.3 is 0 Å². The van der Waals surface area contributed by atoms with Crippen LogP contribution in [0.3, 0.4) is 0 Å². The second-order valence-electron chi connectivity index (χ2n) is 4.28. The molecule has 0 aliphatic heterocycles. The van der Waals surface area contributed by atoms with E-state index in [1.54, 1.807) is 19.2 Å². The molecule has 0 unspecified atom stereocenters. The van der Waals surface area contributed by atoms with Gasteiger partial charge in [0.1, 0.15) is 11.3 Å². The number of ether oxygens (including phenoxy) is 1. The van der Waals surface area contributed by atoms with Crippen molar-refractivity contribution in [1.82, 2.24) is 4.98 Å². The van der Waals surface area contributed by atoms with Crippen LogP contribution in [0.5, 0.6) is 5.75 Å². The molecule has 0 bridgehead atoms. The van der Waals surface area contributed by atoms with Gasteiger partial charge in [-0.15, -0.1) is 0 Å². The molecule has 0 N–H and O–H groups in total. The summed E-state index contributed by atoms with van der Waals surface area (Å²) in [6, 6.07) is 9.75. The zero-order valence-corrected chi connectivity index (χ0v) is 12.5. The molecule has 0 fully saturated rings. The fourth-order valence-corrected chi connectivity index (χ4v) is 2.49. The summed E-state index contributed by atoms with van der Waals surface area (Å²) in [5.74, 6) is 1.10. The first-order chi connectivity index (χ1) is 10.1. The molecular formula is C14H9BrN2O4. The maximum atomic E-state index is 10.8. The summed E-state index contributed by atoms with van der Waals surface area (Å²) in [5, 5.41) is 10.8. The van der Waals surface area contributed by atoms with Crippen molar-refractivity contribution in [2.75, 3.05) is 7.11 Å². The van der Waals surface area contributed by atoms with Crippen molar-refractivity contribution in [2.24, 2.45) is 0 Å². The Labute approximate surface area is 127 Å². The van der Waals surface area contributed by atoms with E-state index in [2.05, 4.69) is 20.9 Å². The topological polar surface area (TPSA) is 78.4 Å². The number of benzene rings is 2. The molecule has 3 rings (SSSR count). The zero-order chi connectivity index (χ0) is 15.0. The number of nitro groups is 1. The van der Waals surface area contributed by atoms with Crippen LogP contribution in [0.4, 0.5) is 5.69 Å². The van der Waals surface area contributed by atoms with Gasteiger partial charge in [0.15, 0.2) is 5.58 Å². The number of aromatic nitrogens is 1. The highest BCUT2D eigenvalue weighted by atomic mass is 79.9. The molecule has 0 atom stereocenters. The van der Waals surface area contributed by atoms with Gasteiger partial charge in [-0.25, -0.2) is 4.98 Å². The van der Waals surface area contributed by atoms with E-state index >= 15 is 0 Å². The zero-order valence-electron chi connectivity index (χ0n) is 10.9. The molecule has 21 heavy (non-hydrogen) atoms. The monoisotopic (exact) mass is 348 g/mol. The van der Waals surface area contributed by atoms with Gasteiger partial charge in [0.25, 0.3) is 5.69 Å². The van der Waals surface area contributed by atoms with Crippen LogP contribution in [-0.4, -0.2) is 17.0 Å². The summed E-state index contributed by atoms with van der Waals surface area (Å²) in [4.78, 5) is 14.6. The molecule has 0 aliphatic carbocycles. The molecule has 0 saturated heterocycles. The Balaban J connectivity index is 2.08. The third kappa shape index (κ3) is 2.47. The van der Waals surface area contributed by atoms with Crippen molar-refractivity contribution in [1.29, 1.82) is 0 Å². The number of nitrogens with zero attached hydrogens (tertiary/aromatic N) is 2. The van der Waals surface area contributed by atoms with E-state index < -0.39 is 4.92 Å². The van der Waals surface area contributed by atoms with Gasteiger partial charge in [-0.05, 0) is 40.2 Å². The van der Waals surface area contributed by atoms with E-state index in [1.807, 2.05) is 12.1 Å². The Kier molecular flexibility index (Phi) is 3.34. The smallest absolute Gasteiger partial charge is 0.273 e. The summed E-state index contributed by atoms with van der Waals surface area (Å²) in [6.07, 6.45) is 0. The van der Waals surface area contributed by atoms with E-state index in [-0.39, 0.29) is 5.69 Å². The van der Waals surface area contributed by atoms with Gasteiger partial charge in [-0.3, -0.25) is 10.1 Å². The fraction of sp³-hybridized carbons (Fsp3) is 0.0714.